The number of rotatable bonds is 10. The summed E-state index contributed by atoms with van der Waals surface area (Å²) in [6.45, 7) is 2.83. The molecule has 2 aromatic carbocycles. The van der Waals surface area contributed by atoms with Gasteiger partial charge >= 0.3 is 0 Å². The number of imidazole rings is 1. The molecule has 230 valence electrons. The Labute approximate surface area is 268 Å². The molecule has 0 bridgehead atoms. The predicted molar refractivity (Wildman–Crippen MR) is 165 cm³/mol. The number of methoxy groups -OCH3 is 1. The predicted octanol–water partition coefficient (Wildman–Crippen LogP) is 4.08. The van der Waals surface area contributed by atoms with Crippen LogP contribution in [0.5, 0.6) is 0 Å². The summed E-state index contributed by atoms with van der Waals surface area (Å²) in [4.78, 5) is 34.2. The summed E-state index contributed by atoms with van der Waals surface area (Å²) >= 11 is 16.0. The van der Waals surface area contributed by atoms with Crippen molar-refractivity contribution in [2.24, 2.45) is 0 Å². The van der Waals surface area contributed by atoms with Crippen LogP contribution >= 0.6 is 39.1 Å². The van der Waals surface area contributed by atoms with E-state index in [2.05, 4.69) is 20.9 Å². The van der Waals surface area contributed by atoms with Crippen molar-refractivity contribution in [2.45, 2.75) is 23.9 Å². The molecule has 2 amide bonds. The van der Waals surface area contributed by atoms with Crippen LogP contribution in [0.15, 0.2) is 58.2 Å². The Balaban J connectivity index is 1.47. The number of nitrogens with zero attached hydrogens (tertiary/aromatic N) is 5. The fraction of sp³-hybridized carbons (Fsp3) is 0.393. The number of hydrogen-bond acceptors (Lipinski definition) is 7. The highest BCUT2D eigenvalue weighted by Crippen LogP contribution is 2.45. The van der Waals surface area contributed by atoms with E-state index in [9.17, 15) is 18.0 Å². The SMILES string of the molecule is COCCOCC(=O)N1CCN(S(=O)(=O)c2cnc3n2C(C)(Cc2ccc(Br)cc2)C(=O)N3c2cc(Cl)cc(Cl)c2)CC1. The molecule has 2 aliphatic heterocycles. The number of ether oxygens (including phenoxy) is 2. The summed E-state index contributed by atoms with van der Waals surface area (Å²) in [5, 5.41) is 0.521. The average Bonchev–Trinajstić information content (AvgIpc) is 3.50. The second-order valence-corrected chi connectivity index (χ2v) is 14.1. The lowest BCUT2D eigenvalue weighted by Gasteiger charge is -2.34. The fourth-order valence-electron chi connectivity index (χ4n) is 5.32. The minimum absolute atomic E-state index is 0.0810. The molecule has 1 unspecified atom stereocenters. The molecule has 0 aliphatic carbocycles. The van der Waals surface area contributed by atoms with E-state index < -0.39 is 15.6 Å². The van der Waals surface area contributed by atoms with Crippen LogP contribution in [0, 0.1) is 0 Å². The largest absolute Gasteiger partial charge is 0.382 e. The molecule has 0 N–H and O–H groups in total. The highest BCUT2D eigenvalue weighted by molar-refractivity contribution is 9.10. The van der Waals surface area contributed by atoms with E-state index >= 15 is 0 Å². The van der Waals surface area contributed by atoms with Crippen molar-refractivity contribution in [1.82, 2.24) is 18.8 Å². The van der Waals surface area contributed by atoms with E-state index in [1.807, 2.05) is 24.3 Å². The first kappa shape index (κ1) is 31.9. The number of amides is 2. The molecule has 0 radical (unpaired) electrons. The van der Waals surface area contributed by atoms with E-state index in [0.717, 1.165) is 10.0 Å². The Morgan fingerprint density at radius 1 is 1.05 bits per heavy atom. The van der Waals surface area contributed by atoms with Crippen molar-refractivity contribution in [3.8, 4) is 0 Å². The smallest absolute Gasteiger partial charge is 0.260 e. The van der Waals surface area contributed by atoms with Gasteiger partial charge in [0.25, 0.3) is 15.9 Å². The number of hydrogen-bond donors (Lipinski definition) is 0. The normalized spacial score (nSPS) is 19.2. The fourth-order valence-corrected chi connectivity index (χ4v) is 7.70. The van der Waals surface area contributed by atoms with Gasteiger partial charge in [0, 0.05) is 54.2 Å². The van der Waals surface area contributed by atoms with Crippen molar-refractivity contribution in [2.75, 3.05) is 58.0 Å². The van der Waals surface area contributed by atoms with Gasteiger partial charge in [0.15, 0.2) is 5.03 Å². The zero-order chi connectivity index (χ0) is 30.9. The van der Waals surface area contributed by atoms with Crippen LogP contribution in [-0.4, -0.2) is 92.1 Å². The van der Waals surface area contributed by atoms with Crippen molar-refractivity contribution < 1.29 is 27.5 Å². The summed E-state index contributed by atoms with van der Waals surface area (Å²) in [7, 11) is -2.58. The summed E-state index contributed by atoms with van der Waals surface area (Å²) in [6, 6.07) is 12.2. The van der Waals surface area contributed by atoms with E-state index in [1.165, 1.54) is 20.0 Å². The van der Waals surface area contributed by atoms with Gasteiger partial charge in [-0.25, -0.2) is 18.3 Å². The van der Waals surface area contributed by atoms with Gasteiger partial charge in [-0.2, -0.15) is 4.31 Å². The minimum atomic E-state index is -4.12. The lowest BCUT2D eigenvalue weighted by Crippen LogP contribution is -2.52. The molecule has 1 atom stereocenters. The van der Waals surface area contributed by atoms with Crippen LogP contribution in [-0.2, 0) is 41.0 Å². The van der Waals surface area contributed by atoms with E-state index in [-0.39, 0.29) is 62.0 Å². The van der Waals surface area contributed by atoms with Crippen LogP contribution in [0.25, 0.3) is 0 Å². The Bertz CT molecular complexity index is 1610. The van der Waals surface area contributed by atoms with Crippen LogP contribution in [0.3, 0.4) is 0 Å². The third kappa shape index (κ3) is 6.35. The lowest BCUT2D eigenvalue weighted by molar-refractivity contribution is -0.137. The number of aromatic nitrogens is 2. The van der Waals surface area contributed by atoms with Gasteiger partial charge in [-0.15, -0.1) is 0 Å². The second kappa shape index (κ2) is 12.8. The average molecular weight is 715 g/mol. The first-order valence-electron chi connectivity index (χ1n) is 13.4. The minimum Gasteiger partial charge on any atom is -0.382 e. The molecular formula is C28H30BrCl2N5O6S. The number of piperazine rings is 1. The molecule has 15 heteroatoms. The number of fused-ring (bicyclic) bond motifs is 1. The zero-order valence-corrected chi connectivity index (χ0v) is 27.4. The molecule has 0 saturated carbocycles. The van der Waals surface area contributed by atoms with Crippen LogP contribution in [0.4, 0.5) is 11.6 Å². The number of benzene rings is 2. The van der Waals surface area contributed by atoms with E-state index in [4.69, 9.17) is 32.7 Å². The first-order chi connectivity index (χ1) is 20.5. The molecule has 3 heterocycles. The molecule has 0 spiro atoms. The summed E-state index contributed by atoms with van der Waals surface area (Å²) in [5.41, 5.74) is -0.153. The molecule has 11 nitrogen and oxygen atoms in total. The van der Waals surface area contributed by atoms with E-state index in [1.54, 1.807) is 37.1 Å². The highest BCUT2D eigenvalue weighted by atomic mass is 79.9. The lowest BCUT2D eigenvalue weighted by atomic mass is 9.92. The molecule has 2 aliphatic rings. The van der Waals surface area contributed by atoms with Crippen LogP contribution < -0.4 is 4.90 Å². The Kier molecular flexibility index (Phi) is 9.52. The maximum absolute atomic E-state index is 14.2. The van der Waals surface area contributed by atoms with Gasteiger partial charge in [-0.3, -0.25) is 14.2 Å². The van der Waals surface area contributed by atoms with Crippen molar-refractivity contribution in [3.05, 3.63) is 68.7 Å². The quantitative estimate of drug-likeness (QED) is 0.291. The molecule has 1 fully saturated rings. The van der Waals surface area contributed by atoms with Gasteiger partial charge in [-0.1, -0.05) is 51.3 Å². The van der Waals surface area contributed by atoms with Crippen molar-refractivity contribution >= 4 is 72.6 Å². The van der Waals surface area contributed by atoms with Gasteiger partial charge in [0.1, 0.15) is 12.1 Å². The highest BCUT2D eigenvalue weighted by Gasteiger charge is 2.52. The molecule has 1 saturated heterocycles. The Morgan fingerprint density at radius 3 is 2.33 bits per heavy atom. The maximum Gasteiger partial charge on any atom is 0.260 e. The summed E-state index contributed by atoms with van der Waals surface area (Å²) in [5.74, 6) is -0.456. The van der Waals surface area contributed by atoms with Crippen molar-refractivity contribution in [3.63, 3.8) is 0 Å². The number of halogens is 3. The molecular weight excluding hydrogens is 685 g/mol. The second-order valence-electron chi connectivity index (χ2n) is 10.4. The number of sulfonamides is 1. The number of anilines is 2. The van der Waals surface area contributed by atoms with Crippen LogP contribution in [0.2, 0.25) is 10.0 Å². The first-order valence-corrected chi connectivity index (χ1v) is 16.4. The monoisotopic (exact) mass is 713 g/mol. The summed E-state index contributed by atoms with van der Waals surface area (Å²) < 4.78 is 42.2. The number of carbonyl (C=O) groups excluding carboxylic acids is 2. The van der Waals surface area contributed by atoms with Gasteiger partial charge in [-0.05, 0) is 42.8 Å². The topological polar surface area (TPSA) is 114 Å². The third-order valence-electron chi connectivity index (χ3n) is 7.49. The molecule has 43 heavy (non-hydrogen) atoms. The summed E-state index contributed by atoms with van der Waals surface area (Å²) in [6.07, 6.45) is 1.47. The van der Waals surface area contributed by atoms with Crippen LogP contribution in [0.1, 0.15) is 12.5 Å². The standard InChI is InChI=1S/C28H30BrCl2N5O6S/c1-28(16-19-3-5-20(29)6-4-19)26(38)35(23-14-21(30)13-22(31)15-23)27-32-17-25(36(27)28)43(39,40)34-9-7-33(8-10-34)24(37)18-42-12-11-41-2/h3-6,13-15,17H,7-12,16,18H2,1-2H3. The molecule has 5 rings (SSSR count). The third-order valence-corrected chi connectivity index (χ3v) is 10.3. The molecule has 3 aromatic rings. The Morgan fingerprint density at radius 2 is 1.70 bits per heavy atom. The van der Waals surface area contributed by atoms with Gasteiger partial charge < -0.3 is 14.4 Å². The maximum atomic E-state index is 14.2. The zero-order valence-electron chi connectivity index (χ0n) is 23.5. The van der Waals surface area contributed by atoms with Gasteiger partial charge in [0.05, 0.1) is 25.1 Å². The van der Waals surface area contributed by atoms with Crippen molar-refractivity contribution in [1.29, 1.82) is 0 Å². The molecule has 1 aromatic heterocycles. The Hall–Kier alpha value is -2.52. The van der Waals surface area contributed by atoms with E-state index in [0.29, 0.717) is 28.9 Å². The number of carbonyl (C=O) groups is 2. The van der Waals surface area contributed by atoms with Gasteiger partial charge in [0.2, 0.25) is 11.9 Å².